The van der Waals surface area contributed by atoms with E-state index in [9.17, 15) is 0 Å². The second kappa shape index (κ2) is 23.6. The lowest BCUT2D eigenvalue weighted by Crippen LogP contribution is -2.27. The molecular formula is C18H28N4O10. The number of nitrogens with zero attached hydrogens (tertiary/aromatic N) is 4. The van der Waals surface area contributed by atoms with Crippen LogP contribution in [0.15, 0.2) is 0 Å². The molecule has 0 aromatic heterocycles. The van der Waals surface area contributed by atoms with Crippen LogP contribution >= 0.6 is 0 Å². The lowest BCUT2D eigenvalue weighted by molar-refractivity contribution is -0.289. The second-order valence-electron chi connectivity index (χ2n) is 5.76. The van der Waals surface area contributed by atoms with Gasteiger partial charge in [0.05, 0.1) is 0 Å². The fourth-order valence-corrected chi connectivity index (χ4v) is 1.69. The first kappa shape index (κ1) is 35.8. The van der Waals surface area contributed by atoms with Gasteiger partial charge in [-0.1, -0.05) is 39.5 Å². The Morgan fingerprint density at radius 3 is 1.00 bits per heavy atom. The van der Waals surface area contributed by atoms with Crippen LogP contribution in [0.1, 0.15) is 65.2 Å². The number of rotatable bonds is 10. The topological polar surface area (TPSA) is 269 Å². The Balaban J connectivity index is -0.000000184. The van der Waals surface area contributed by atoms with Gasteiger partial charge in [0.2, 0.25) is 0 Å². The van der Waals surface area contributed by atoms with Crippen LogP contribution in [0.2, 0.25) is 0 Å². The van der Waals surface area contributed by atoms with Crippen molar-refractivity contribution in [2.45, 2.75) is 76.4 Å². The smallest absolute Gasteiger partial charge is 0.450 e. The van der Waals surface area contributed by atoms with Crippen LogP contribution < -0.4 is 0 Å². The van der Waals surface area contributed by atoms with E-state index in [0.717, 1.165) is 25.7 Å². The monoisotopic (exact) mass is 460 g/mol. The number of hydrogen-bond donors (Lipinski definition) is 6. The predicted molar refractivity (Wildman–Crippen MR) is 105 cm³/mol. The van der Waals surface area contributed by atoms with E-state index in [2.05, 4.69) is 9.78 Å². The minimum atomic E-state index is -1.83. The standard InChI is InChI=1S/2C8H12N2O2.2CH2O3/c2*1-2-3-4-5-8(6-9,7-10)12-11;2*2-1(3)4/h2*11H,2-5H2,1H3;2*(H2,2,3,4). The minimum absolute atomic E-state index is 0.254. The van der Waals surface area contributed by atoms with Crippen LogP contribution in [0, 0.1) is 45.3 Å². The number of carboxylic acid groups (broad SMARTS) is 4. The highest BCUT2D eigenvalue weighted by atomic mass is 17.1. The Bertz CT molecular complexity index is 579. The van der Waals surface area contributed by atoms with Crippen LogP contribution in [0.5, 0.6) is 0 Å². The first-order valence-electron chi connectivity index (χ1n) is 9.09. The van der Waals surface area contributed by atoms with Gasteiger partial charge in [0, 0.05) is 12.8 Å². The van der Waals surface area contributed by atoms with Crippen molar-refractivity contribution in [3.8, 4) is 24.3 Å². The molecule has 0 aliphatic carbocycles. The summed E-state index contributed by atoms with van der Waals surface area (Å²) in [5.41, 5.74) is -3.32. The van der Waals surface area contributed by atoms with Gasteiger partial charge in [0.1, 0.15) is 24.3 Å². The molecule has 0 rings (SSSR count). The highest BCUT2D eigenvalue weighted by Crippen LogP contribution is 2.17. The molecule has 0 saturated heterocycles. The summed E-state index contributed by atoms with van der Waals surface area (Å²) >= 11 is 0. The molecule has 0 heterocycles. The number of carbonyl (C=O) groups is 2. The molecule has 0 saturated carbocycles. The van der Waals surface area contributed by atoms with Crippen molar-refractivity contribution >= 4 is 12.3 Å². The SMILES string of the molecule is CCCCCC(C#N)(C#N)OO.CCCCCC(C#N)(C#N)OO.O=C(O)O.O=C(O)O. The lowest BCUT2D eigenvalue weighted by Gasteiger charge is -2.12. The third kappa shape index (κ3) is 24.4. The van der Waals surface area contributed by atoms with Crippen LogP contribution in [0.25, 0.3) is 0 Å². The maximum absolute atomic E-state index is 8.56. The van der Waals surface area contributed by atoms with Crippen LogP contribution in [0.4, 0.5) is 9.59 Å². The third-order valence-corrected chi connectivity index (χ3v) is 3.30. The van der Waals surface area contributed by atoms with Crippen molar-refractivity contribution in [3.05, 3.63) is 0 Å². The number of hydrogen-bond acceptors (Lipinski definition) is 10. The maximum atomic E-state index is 8.56. The Morgan fingerprint density at radius 1 is 0.656 bits per heavy atom. The molecule has 14 nitrogen and oxygen atoms in total. The van der Waals surface area contributed by atoms with Gasteiger partial charge in [-0.25, -0.2) is 29.9 Å². The average Bonchev–Trinajstić information content (AvgIpc) is 2.75. The van der Waals surface area contributed by atoms with Gasteiger partial charge >= 0.3 is 12.3 Å². The molecule has 180 valence electrons. The Morgan fingerprint density at radius 2 is 0.875 bits per heavy atom. The molecule has 32 heavy (non-hydrogen) atoms. The lowest BCUT2D eigenvalue weighted by atomic mass is 10.00. The van der Waals surface area contributed by atoms with Crippen molar-refractivity contribution in [1.82, 2.24) is 0 Å². The van der Waals surface area contributed by atoms with Gasteiger partial charge in [-0.2, -0.15) is 21.0 Å². The summed E-state index contributed by atoms with van der Waals surface area (Å²) in [6, 6.07) is 6.56. The predicted octanol–water partition coefficient (Wildman–Crippen LogP) is 4.13. The van der Waals surface area contributed by atoms with Crippen LogP contribution in [-0.2, 0) is 9.78 Å². The molecule has 0 aromatic rings. The van der Waals surface area contributed by atoms with Crippen molar-refractivity contribution < 1.29 is 50.3 Å². The molecular weight excluding hydrogens is 432 g/mol. The summed E-state index contributed by atoms with van der Waals surface area (Å²) in [7, 11) is 0. The zero-order valence-electron chi connectivity index (χ0n) is 17.8. The molecule has 0 aliphatic rings. The van der Waals surface area contributed by atoms with Gasteiger partial charge in [0.15, 0.2) is 0 Å². The summed E-state index contributed by atoms with van der Waals surface area (Å²) in [6.07, 6.45) is 2.10. The molecule has 0 fully saturated rings. The van der Waals surface area contributed by atoms with Gasteiger partial charge in [-0.05, 0) is 12.8 Å². The van der Waals surface area contributed by atoms with E-state index < -0.39 is 23.5 Å². The van der Waals surface area contributed by atoms with E-state index in [1.165, 1.54) is 0 Å². The van der Waals surface area contributed by atoms with E-state index in [0.29, 0.717) is 12.8 Å². The minimum Gasteiger partial charge on any atom is -0.450 e. The first-order valence-corrected chi connectivity index (χ1v) is 9.09. The molecule has 0 aromatic carbocycles. The van der Waals surface area contributed by atoms with Gasteiger partial charge in [-0.15, -0.1) is 0 Å². The van der Waals surface area contributed by atoms with Gasteiger partial charge in [0.25, 0.3) is 11.2 Å². The summed E-state index contributed by atoms with van der Waals surface area (Å²) in [5.74, 6) is 0. The molecule has 0 bridgehead atoms. The molecule has 0 radical (unpaired) electrons. The number of nitriles is 4. The largest absolute Gasteiger partial charge is 0.503 e. The molecule has 6 N–H and O–H groups in total. The maximum Gasteiger partial charge on any atom is 0.503 e. The van der Waals surface area contributed by atoms with Crippen LogP contribution in [-0.4, -0.2) is 54.5 Å². The molecule has 0 unspecified atom stereocenters. The van der Waals surface area contributed by atoms with E-state index in [4.69, 9.17) is 61.6 Å². The van der Waals surface area contributed by atoms with Crippen molar-refractivity contribution in [3.63, 3.8) is 0 Å². The fraction of sp³-hybridized carbons (Fsp3) is 0.667. The Labute approximate surface area is 185 Å². The van der Waals surface area contributed by atoms with E-state index in [-0.39, 0.29) is 12.8 Å². The summed E-state index contributed by atoms with van der Waals surface area (Å²) in [4.78, 5) is 24.8. The average molecular weight is 460 g/mol. The van der Waals surface area contributed by atoms with Crippen molar-refractivity contribution in [2.24, 2.45) is 0 Å². The molecule has 0 spiro atoms. The Kier molecular flexibility index (Phi) is 26.4. The fourth-order valence-electron chi connectivity index (χ4n) is 1.69. The molecule has 0 atom stereocenters. The van der Waals surface area contributed by atoms with Gasteiger partial charge in [-0.3, -0.25) is 0 Å². The van der Waals surface area contributed by atoms with Gasteiger partial charge < -0.3 is 20.4 Å². The van der Waals surface area contributed by atoms with E-state index >= 15 is 0 Å². The zero-order chi connectivity index (χ0) is 26.1. The number of unbranched alkanes of at least 4 members (excludes halogenated alkanes) is 4. The quantitative estimate of drug-likeness (QED) is 0.152. The summed E-state index contributed by atoms with van der Waals surface area (Å²) in [6.45, 7) is 4.03. The Hall–Kier alpha value is -3.66. The molecule has 14 heteroatoms. The highest BCUT2D eigenvalue weighted by Gasteiger charge is 2.31. The van der Waals surface area contributed by atoms with E-state index in [1.54, 1.807) is 24.3 Å². The summed E-state index contributed by atoms with van der Waals surface area (Å²) < 4.78 is 0. The van der Waals surface area contributed by atoms with Crippen LogP contribution in [0.3, 0.4) is 0 Å². The zero-order valence-corrected chi connectivity index (χ0v) is 17.8. The first-order chi connectivity index (χ1) is 14.9. The van der Waals surface area contributed by atoms with Crippen molar-refractivity contribution in [1.29, 1.82) is 21.0 Å². The van der Waals surface area contributed by atoms with Crippen molar-refractivity contribution in [2.75, 3.05) is 0 Å². The summed E-state index contributed by atoms with van der Waals surface area (Å²) in [5, 5.41) is 78.6. The third-order valence-electron chi connectivity index (χ3n) is 3.30. The second-order valence-corrected chi connectivity index (χ2v) is 5.76. The molecule has 0 amide bonds. The highest BCUT2D eigenvalue weighted by molar-refractivity contribution is 5.53. The molecule has 0 aliphatic heterocycles. The normalized spacial score (nSPS) is 9.25. The van der Waals surface area contributed by atoms with E-state index in [1.807, 2.05) is 13.8 Å².